The molecule has 0 saturated carbocycles. The minimum atomic E-state index is -0.921. The highest BCUT2D eigenvalue weighted by molar-refractivity contribution is 6.30. The van der Waals surface area contributed by atoms with E-state index in [1.54, 1.807) is 29.2 Å². The summed E-state index contributed by atoms with van der Waals surface area (Å²) in [5, 5.41) is 6.38. The van der Waals surface area contributed by atoms with Crippen LogP contribution < -0.4 is 10.6 Å². The number of benzene rings is 4. The molecule has 8 nitrogen and oxygen atoms in total. The van der Waals surface area contributed by atoms with Gasteiger partial charge < -0.3 is 29.7 Å². The summed E-state index contributed by atoms with van der Waals surface area (Å²) in [5.41, 5.74) is 3.50. The Morgan fingerprint density at radius 3 is 1.74 bits per heavy atom. The van der Waals surface area contributed by atoms with Crippen LogP contribution in [-0.4, -0.2) is 54.3 Å². The summed E-state index contributed by atoms with van der Waals surface area (Å²) in [6.07, 6.45) is -1.58. The lowest BCUT2D eigenvalue weighted by Crippen LogP contribution is -2.68. The topological polar surface area (TPSA) is 89.1 Å². The van der Waals surface area contributed by atoms with Crippen molar-refractivity contribution in [2.45, 2.75) is 57.5 Å². The maximum absolute atomic E-state index is 14.3. The molecule has 1 aliphatic heterocycles. The number of likely N-dealkylation sites (tertiary alicyclic amines) is 1. The highest BCUT2D eigenvalue weighted by Crippen LogP contribution is 2.30. The third-order valence-corrected chi connectivity index (χ3v) is 8.06. The standard InChI is InChI=1S/C37H40ClN3O5/c1-2-22-41-32(23-39-37(43)40-31-20-18-30(38)19-21-31)33(44-24-27-12-6-3-7-13-27)34(45-25-28-14-8-4-9-15-28)35(36(41)42)46-26-29-16-10-5-11-17-29/h3-21,32-35H,2,22-26H2,1H3,(H2,39,40,43)/t32-,33-,34-,35-/m1/s1. The van der Waals surface area contributed by atoms with Gasteiger partial charge in [0.15, 0.2) is 6.10 Å². The fraction of sp³-hybridized carbons (Fsp3) is 0.297. The Balaban J connectivity index is 1.43. The van der Waals surface area contributed by atoms with Crippen LogP contribution in [0.3, 0.4) is 0 Å². The van der Waals surface area contributed by atoms with Crippen molar-refractivity contribution in [1.82, 2.24) is 10.2 Å². The summed E-state index contributed by atoms with van der Waals surface area (Å²) < 4.78 is 19.6. The number of hydrogen-bond donors (Lipinski definition) is 2. The molecule has 1 aliphatic rings. The fourth-order valence-electron chi connectivity index (χ4n) is 5.53. The first-order valence-corrected chi connectivity index (χ1v) is 16.0. The summed E-state index contributed by atoms with van der Waals surface area (Å²) in [6, 6.07) is 35.4. The van der Waals surface area contributed by atoms with Gasteiger partial charge in [0.2, 0.25) is 0 Å². The van der Waals surface area contributed by atoms with E-state index in [2.05, 4.69) is 10.6 Å². The summed E-state index contributed by atoms with van der Waals surface area (Å²) >= 11 is 6.01. The Morgan fingerprint density at radius 2 is 1.22 bits per heavy atom. The fourth-order valence-corrected chi connectivity index (χ4v) is 5.66. The van der Waals surface area contributed by atoms with E-state index in [-0.39, 0.29) is 25.7 Å². The van der Waals surface area contributed by atoms with Crippen LogP contribution in [0.25, 0.3) is 0 Å². The number of anilines is 1. The monoisotopic (exact) mass is 641 g/mol. The summed E-state index contributed by atoms with van der Waals surface area (Å²) in [7, 11) is 0. The van der Waals surface area contributed by atoms with Crippen molar-refractivity contribution in [3.8, 4) is 0 Å². The minimum Gasteiger partial charge on any atom is -0.368 e. The van der Waals surface area contributed by atoms with Crippen molar-refractivity contribution in [2.24, 2.45) is 0 Å². The van der Waals surface area contributed by atoms with Gasteiger partial charge in [-0.25, -0.2) is 4.79 Å². The van der Waals surface area contributed by atoms with Crippen LogP contribution in [-0.2, 0) is 38.8 Å². The molecule has 3 amide bonds. The Hall–Kier alpha value is -4.21. The third-order valence-electron chi connectivity index (χ3n) is 7.81. The van der Waals surface area contributed by atoms with Gasteiger partial charge in [0.05, 0.1) is 25.9 Å². The molecule has 0 aromatic heterocycles. The predicted octanol–water partition coefficient (Wildman–Crippen LogP) is 6.84. The molecule has 4 aromatic rings. The van der Waals surface area contributed by atoms with Gasteiger partial charge in [-0.05, 0) is 47.4 Å². The molecule has 0 unspecified atom stereocenters. The van der Waals surface area contributed by atoms with E-state index in [1.165, 1.54) is 0 Å². The van der Waals surface area contributed by atoms with Crippen molar-refractivity contribution in [3.05, 3.63) is 137 Å². The number of hydrogen-bond acceptors (Lipinski definition) is 5. The second-order valence-corrected chi connectivity index (χ2v) is 11.6. The van der Waals surface area contributed by atoms with Crippen molar-refractivity contribution < 1.29 is 23.8 Å². The number of piperidine rings is 1. The zero-order chi connectivity index (χ0) is 32.1. The molecule has 1 fully saturated rings. The van der Waals surface area contributed by atoms with Gasteiger partial charge in [-0.15, -0.1) is 0 Å². The maximum Gasteiger partial charge on any atom is 0.319 e. The lowest BCUT2D eigenvalue weighted by Gasteiger charge is -2.48. The second kappa shape index (κ2) is 16.9. The van der Waals surface area contributed by atoms with Gasteiger partial charge in [0.1, 0.15) is 12.2 Å². The molecule has 4 atom stereocenters. The number of rotatable bonds is 14. The van der Waals surface area contributed by atoms with Crippen molar-refractivity contribution in [1.29, 1.82) is 0 Å². The number of urea groups is 1. The molecule has 2 N–H and O–H groups in total. The van der Waals surface area contributed by atoms with Crippen LogP contribution in [0.15, 0.2) is 115 Å². The summed E-state index contributed by atoms with van der Waals surface area (Å²) in [4.78, 5) is 29.1. The molecule has 0 spiro atoms. The molecule has 4 aromatic carbocycles. The zero-order valence-electron chi connectivity index (χ0n) is 25.9. The van der Waals surface area contributed by atoms with Gasteiger partial charge in [0, 0.05) is 23.8 Å². The first-order chi connectivity index (χ1) is 22.5. The summed E-state index contributed by atoms with van der Waals surface area (Å²) in [5.74, 6) is -0.194. The van der Waals surface area contributed by atoms with Crippen molar-refractivity contribution in [3.63, 3.8) is 0 Å². The lowest BCUT2D eigenvalue weighted by molar-refractivity contribution is -0.208. The Bertz CT molecular complexity index is 1510. The molecule has 0 aliphatic carbocycles. The van der Waals surface area contributed by atoms with E-state index in [0.29, 0.717) is 30.3 Å². The van der Waals surface area contributed by atoms with E-state index < -0.39 is 30.4 Å². The number of amides is 3. The van der Waals surface area contributed by atoms with Gasteiger partial charge >= 0.3 is 6.03 Å². The minimum absolute atomic E-state index is 0.140. The van der Waals surface area contributed by atoms with Gasteiger partial charge in [0.25, 0.3) is 5.91 Å². The lowest BCUT2D eigenvalue weighted by atomic mass is 9.91. The van der Waals surface area contributed by atoms with Crippen molar-refractivity contribution in [2.75, 3.05) is 18.4 Å². The number of carbonyl (C=O) groups excluding carboxylic acids is 2. The molecular formula is C37H40ClN3O5. The van der Waals surface area contributed by atoms with E-state index in [0.717, 1.165) is 16.7 Å². The number of ether oxygens (including phenoxy) is 3. The Labute approximate surface area is 275 Å². The molecule has 240 valence electrons. The number of nitrogens with one attached hydrogen (secondary N) is 2. The number of nitrogens with zero attached hydrogens (tertiary/aromatic N) is 1. The smallest absolute Gasteiger partial charge is 0.319 e. The molecule has 0 radical (unpaired) electrons. The SMILES string of the molecule is CCCN1C(=O)[C@H](OCc2ccccc2)[C@H](OCc2ccccc2)[C@H](OCc2ccccc2)[C@H]1CNC(=O)Nc1ccc(Cl)cc1. The Morgan fingerprint density at radius 1 is 0.717 bits per heavy atom. The van der Waals surface area contributed by atoms with Gasteiger partial charge in [-0.3, -0.25) is 4.79 Å². The molecule has 1 heterocycles. The second-order valence-electron chi connectivity index (χ2n) is 11.2. The third kappa shape index (κ3) is 9.17. The zero-order valence-corrected chi connectivity index (χ0v) is 26.6. The van der Waals surface area contributed by atoms with E-state index in [1.807, 2.05) is 97.9 Å². The quantitative estimate of drug-likeness (QED) is 0.157. The number of halogens is 1. The largest absolute Gasteiger partial charge is 0.368 e. The highest BCUT2D eigenvalue weighted by Gasteiger charge is 2.50. The normalized spacial score (nSPS) is 19.5. The van der Waals surface area contributed by atoms with Crippen LogP contribution in [0.5, 0.6) is 0 Å². The van der Waals surface area contributed by atoms with Crippen LogP contribution in [0, 0.1) is 0 Å². The van der Waals surface area contributed by atoms with Gasteiger partial charge in [-0.1, -0.05) is 110 Å². The molecule has 9 heteroatoms. The first-order valence-electron chi connectivity index (χ1n) is 15.6. The molecule has 0 bridgehead atoms. The molecule has 46 heavy (non-hydrogen) atoms. The van der Waals surface area contributed by atoms with Crippen molar-refractivity contribution >= 4 is 29.2 Å². The number of carbonyl (C=O) groups is 2. The Kier molecular flexibility index (Phi) is 12.2. The van der Waals surface area contributed by atoms with Crippen LogP contribution in [0.1, 0.15) is 30.0 Å². The van der Waals surface area contributed by atoms with E-state index >= 15 is 0 Å². The first kappa shape index (κ1) is 33.2. The van der Waals surface area contributed by atoms with Crippen LogP contribution in [0.4, 0.5) is 10.5 Å². The predicted molar refractivity (Wildman–Crippen MR) is 179 cm³/mol. The van der Waals surface area contributed by atoms with E-state index in [4.69, 9.17) is 25.8 Å². The average molecular weight is 642 g/mol. The highest BCUT2D eigenvalue weighted by atomic mass is 35.5. The molecule has 5 rings (SSSR count). The summed E-state index contributed by atoms with van der Waals surface area (Å²) in [6.45, 7) is 3.42. The van der Waals surface area contributed by atoms with Gasteiger partial charge in [-0.2, -0.15) is 0 Å². The van der Waals surface area contributed by atoms with E-state index in [9.17, 15) is 9.59 Å². The molecular weight excluding hydrogens is 602 g/mol. The molecule has 1 saturated heterocycles. The van der Waals surface area contributed by atoms with Crippen LogP contribution in [0.2, 0.25) is 5.02 Å². The maximum atomic E-state index is 14.3. The van der Waals surface area contributed by atoms with Crippen LogP contribution >= 0.6 is 11.6 Å². The average Bonchev–Trinajstić information content (AvgIpc) is 3.09.